The standard InChI is InChI=1S/C21H11Cl2N5/c22-19-16(11-24)20(23)18(13-26)21(17(19)12-25)28(15-9-5-2-6-10-15)27-14-7-3-1-4-8-14/h1-10,27H. The maximum absolute atomic E-state index is 9.74. The van der Waals surface area contributed by atoms with E-state index >= 15 is 0 Å². The summed E-state index contributed by atoms with van der Waals surface area (Å²) in [5.74, 6) is 0. The monoisotopic (exact) mass is 403 g/mol. The molecule has 5 nitrogen and oxygen atoms in total. The van der Waals surface area contributed by atoms with Crippen LogP contribution in [0, 0.1) is 34.0 Å². The molecule has 1 N–H and O–H groups in total. The second-order valence-electron chi connectivity index (χ2n) is 5.59. The van der Waals surface area contributed by atoms with E-state index in [2.05, 4.69) is 5.43 Å². The van der Waals surface area contributed by atoms with Crippen molar-refractivity contribution < 1.29 is 0 Å². The van der Waals surface area contributed by atoms with Gasteiger partial charge < -0.3 is 0 Å². The summed E-state index contributed by atoms with van der Waals surface area (Å²) in [6.07, 6.45) is 0. The second-order valence-corrected chi connectivity index (χ2v) is 6.34. The normalized spacial score (nSPS) is 9.68. The Kier molecular flexibility index (Phi) is 5.68. The van der Waals surface area contributed by atoms with Crippen LogP contribution in [0.2, 0.25) is 10.0 Å². The van der Waals surface area contributed by atoms with Crippen molar-refractivity contribution in [3.63, 3.8) is 0 Å². The smallest absolute Gasteiger partial charge is 0.103 e. The molecule has 0 bridgehead atoms. The highest BCUT2D eigenvalue weighted by atomic mass is 35.5. The lowest BCUT2D eigenvalue weighted by Gasteiger charge is -2.29. The molecule has 134 valence electrons. The molecule has 0 unspecified atom stereocenters. The fraction of sp³-hybridized carbons (Fsp3) is 0. The van der Waals surface area contributed by atoms with Gasteiger partial charge in [0.15, 0.2) is 0 Å². The number of halogens is 2. The molecule has 3 aromatic carbocycles. The first kappa shape index (κ1) is 19.1. The summed E-state index contributed by atoms with van der Waals surface area (Å²) in [7, 11) is 0. The largest absolute Gasteiger partial charge is 0.294 e. The molecule has 0 aliphatic heterocycles. The molecule has 28 heavy (non-hydrogen) atoms. The third-order valence-corrected chi connectivity index (χ3v) is 4.70. The van der Waals surface area contributed by atoms with E-state index < -0.39 is 0 Å². The third kappa shape index (κ3) is 3.43. The van der Waals surface area contributed by atoms with Gasteiger partial charge in [0.2, 0.25) is 0 Å². The van der Waals surface area contributed by atoms with Gasteiger partial charge in [-0.2, -0.15) is 15.8 Å². The summed E-state index contributed by atoms with van der Waals surface area (Å²) in [6, 6.07) is 24.2. The average molecular weight is 404 g/mol. The van der Waals surface area contributed by atoms with Crippen LogP contribution in [0.3, 0.4) is 0 Å². The van der Waals surface area contributed by atoms with Gasteiger partial charge in [0.05, 0.1) is 38.1 Å². The number of hydrogen-bond acceptors (Lipinski definition) is 5. The fourth-order valence-corrected chi connectivity index (χ4v) is 3.26. The van der Waals surface area contributed by atoms with E-state index in [9.17, 15) is 15.8 Å². The number of benzene rings is 3. The number of anilines is 3. The van der Waals surface area contributed by atoms with Crippen LogP contribution in [0.4, 0.5) is 17.1 Å². The Morgan fingerprint density at radius 3 is 1.61 bits per heavy atom. The highest BCUT2D eigenvalue weighted by molar-refractivity contribution is 6.39. The molecule has 0 aliphatic carbocycles. The molecule has 3 aromatic rings. The lowest BCUT2D eigenvalue weighted by atomic mass is 10.0. The van der Waals surface area contributed by atoms with Gasteiger partial charge in [0, 0.05) is 0 Å². The van der Waals surface area contributed by atoms with Crippen LogP contribution in [-0.4, -0.2) is 0 Å². The molecule has 0 spiro atoms. The lowest BCUT2D eigenvalue weighted by molar-refractivity contribution is 1.15. The van der Waals surface area contributed by atoms with Crippen LogP contribution in [-0.2, 0) is 0 Å². The Morgan fingerprint density at radius 2 is 1.14 bits per heavy atom. The molecule has 0 heterocycles. The Morgan fingerprint density at radius 1 is 0.679 bits per heavy atom. The predicted octanol–water partition coefficient (Wildman–Crippen LogP) is 5.77. The van der Waals surface area contributed by atoms with Gasteiger partial charge in [-0.3, -0.25) is 10.4 Å². The summed E-state index contributed by atoms with van der Waals surface area (Å²) in [6.45, 7) is 0. The first-order chi connectivity index (χ1) is 13.6. The van der Waals surface area contributed by atoms with Crippen molar-refractivity contribution in [2.24, 2.45) is 0 Å². The Bertz CT molecular complexity index is 1100. The topological polar surface area (TPSA) is 86.6 Å². The minimum atomic E-state index is -0.104. The quantitative estimate of drug-likeness (QED) is 0.558. The predicted molar refractivity (Wildman–Crippen MR) is 109 cm³/mol. The van der Waals surface area contributed by atoms with Crippen molar-refractivity contribution in [1.29, 1.82) is 15.8 Å². The average Bonchev–Trinajstić information content (AvgIpc) is 2.73. The van der Waals surface area contributed by atoms with Gasteiger partial charge in [-0.1, -0.05) is 59.6 Å². The number of nitrogens with one attached hydrogen (secondary N) is 1. The van der Waals surface area contributed by atoms with Crippen LogP contribution in [0.15, 0.2) is 60.7 Å². The number of nitriles is 3. The summed E-state index contributed by atoms with van der Waals surface area (Å²) in [5, 5.41) is 30.2. The van der Waals surface area contributed by atoms with Gasteiger partial charge in [0.25, 0.3) is 0 Å². The maximum atomic E-state index is 9.74. The number of para-hydroxylation sites is 2. The van der Waals surface area contributed by atoms with E-state index in [0.29, 0.717) is 5.69 Å². The minimum absolute atomic E-state index is 0.0218. The van der Waals surface area contributed by atoms with Crippen molar-refractivity contribution in [2.45, 2.75) is 0 Å². The molecule has 0 radical (unpaired) electrons. The summed E-state index contributed by atoms with van der Waals surface area (Å²) in [4.78, 5) is 0. The van der Waals surface area contributed by atoms with Crippen LogP contribution in [0.25, 0.3) is 0 Å². The lowest BCUT2D eigenvalue weighted by Crippen LogP contribution is -2.26. The molecule has 0 saturated heterocycles. The molecule has 0 amide bonds. The van der Waals surface area contributed by atoms with Gasteiger partial charge in [-0.15, -0.1) is 0 Å². The van der Waals surface area contributed by atoms with E-state index in [0.717, 1.165) is 5.69 Å². The molecule has 0 saturated carbocycles. The molecule has 0 aliphatic rings. The third-order valence-electron chi connectivity index (χ3n) is 3.94. The van der Waals surface area contributed by atoms with E-state index in [1.54, 1.807) is 17.1 Å². The molecular weight excluding hydrogens is 393 g/mol. The molecule has 0 fully saturated rings. The van der Waals surface area contributed by atoms with Crippen LogP contribution < -0.4 is 10.4 Å². The van der Waals surface area contributed by atoms with Crippen molar-refractivity contribution in [3.8, 4) is 18.2 Å². The zero-order chi connectivity index (χ0) is 20.1. The number of hydrazine groups is 1. The van der Waals surface area contributed by atoms with Gasteiger partial charge >= 0.3 is 0 Å². The highest BCUT2D eigenvalue weighted by Gasteiger charge is 2.27. The first-order valence-electron chi connectivity index (χ1n) is 8.04. The molecular formula is C21H11Cl2N5. The zero-order valence-corrected chi connectivity index (χ0v) is 15.8. The van der Waals surface area contributed by atoms with E-state index in [-0.39, 0.29) is 32.4 Å². The minimum Gasteiger partial charge on any atom is -0.294 e. The van der Waals surface area contributed by atoms with E-state index in [4.69, 9.17) is 23.2 Å². The Labute approximate surface area is 172 Å². The van der Waals surface area contributed by atoms with Gasteiger partial charge in [-0.05, 0) is 24.3 Å². The summed E-state index contributed by atoms with van der Waals surface area (Å²) < 4.78 is 0. The highest BCUT2D eigenvalue weighted by Crippen LogP contribution is 2.42. The summed E-state index contributed by atoms with van der Waals surface area (Å²) >= 11 is 12.6. The summed E-state index contributed by atoms with van der Waals surface area (Å²) in [5.41, 5.74) is 4.58. The Balaban J connectivity index is 2.34. The van der Waals surface area contributed by atoms with Crippen molar-refractivity contribution in [1.82, 2.24) is 0 Å². The van der Waals surface area contributed by atoms with Gasteiger partial charge in [0.1, 0.15) is 23.9 Å². The second kappa shape index (κ2) is 8.33. The van der Waals surface area contributed by atoms with Crippen LogP contribution >= 0.6 is 23.2 Å². The first-order valence-corrected chi connectivity index (χ1v) is 8.80. The SMILES string of the molecule is N#Cc1c(Cl)c(C#N)c(N(Nc2ccccc2)c2ccccc2)c(C#N)c1Cl. The molecule has 0 aromatic heterocycles. The molecule has 3 rings (SSSR count). The van der Waals surface area contributed by atoms with Crippen molar-refractivity contribution in [2.75, 3.05) is 10.4 Å². The number of rotatable bonds is 4. The van der Waals surface area contributed by atoms with E-state index in [1.165, 1.54) is 0 Å². The zero-order valence-electron chi connectivity index (χ0n) is 14.3. The number of nitrogens with zero attached hydrogens (tertiary/aromatic N) is 4. The maximum Gasteiger partial charge on any atom is 0.103 e. The van der Waals surface area contributed by atoms with Gasteiger partial charge in [-0.25, -0.2) is 0 Å². The Hall–Kier alpha value is -3.69. The van der Waals surface area contributed by atoms with Crippen molar-refractivity contribution in [3.05, 3.63) is 87.4 Å². The van der Waals surface area contributed by atoms with Crippen LogP contribution in [0.5, 0.6) is 0 Å². The molecule has 0 atom stereocenters. The van der Waals surface area contributed by atoms with Crippen molar-refractivity contribution >= 4 is 40.3 Å². The van der Waals surface area contributed by atoms with Crippen LogP contribution in [0.1, 0.15) is 16.7 Å². The fourth-order valence-electron chi connectivity index (χ4n) is 2.67. The van der Waals surface area contributed by atoms with E-state index in [1.807, 2.05) is 66.7 Å². The number of hydrogen-bond donors (Lipinski definition) is 1. The molecule has 7 heteroatoms.